The molecule has 7 heteroatoms. The van der Waals surface area contributed by atoms with E-state index in [0.717, 1.165) is 0 Å². The van der Waals surface area contributed by atoms with E-state index in [0.29, 0.717) is 0 Å². The van der Waals surface area contributed by atoms with E-state index < -0.39 is 22.0 Å². The van der Waals surface area contributed by atoms with Crippen LogP contribution in [-0.4, -0.2) is 30.1 Å². The first-order chi connectivity index (χ1) is 7.36. The van der Waals surface area contributed by atoms with Crippen molar-refractivity contribution >= 4 is 16.0 Å². The van der Waals surface area contributed by atoms with E-state index in [1.807, 2.05) is 0 Å². The Balaban J connectivity index is 2.91. The number of sulfonamides is 1. The number of aromatic nitrogens is 1. The zero-order valence-corrected chi connectivity index (χ0v) is 9.86. The maximum atomic E-state index is 11.7. The lowest BCUT2D eigenvalue weighted by molar-refractivity contribution is -0.139. The van der Waals surface area contributed by atoms with Crippen LogP contribution in [0.25, 0.3) is 0 Å². The molecular weight excluding hydrogens is 232 g/mol. The molecule has 1 unspecified atom stereocenters. The summed E-state index contributed by atoms with van der Waals surface area (Å²) in [4.78, 5) is 10.8. The van der Waals surface area contributed by atoms with E-state index in [4.69, 9.17) is 5.11 Å². The van der Waals surface area contributed by atoms with Gasteiger partial charge in [-0.1, -0.05) is 6.92 Å². The van der Waals surface area contributed by atoms with Gasteiger partial charge in [0.1, 0.15) is 6.04 Å². The predicted molar refractivity (Wildman–Crippen MR) is 57.4 cm³/mol. The maximum Gasteiger partial charge on any atom is 0.321 e. The molecule has 1 heterocycles. The highest BCUT2D eigenvalue weighted by Crippen LogP contribution is 2.09. The summed E-state index contributed by atoms with van der Waals surface area (Å²) in [5, 5.41) is 8.76. The van der Waals surface area contributed by atoms with Crippen LogP contribution < -0.4 is 4.72 Å². The van der Waals surface area contributed by atoms with Gasteiger partial charge in [0.25, 0.3) is 0 Å². The summed E-state index contributed by atoms with van der Waals surface area (Å²) in [7, 11) is -2.06. The molecule has 0 bridgehead atoms. The molecule has 2 N–H and O–H groups in total. The Morgan fingerprint density at radius 1 is 1.62 bits per heavy atom. The van der Waals surface area contributed by atoms with Crippen LogP contribution in [0.15, 0.2) is 23.4 Å². The third-order valence-electron chi connectivity index (χ3n) is 2.12. The van der Waals surface area contributed by atoms with Gasteiger partial charge in [0.05, 0.1) is 4.90 Å². The van der Waals surface area contributed by atoms with Crippen molar-refractivity contribution in [1.29, 1.82) is 0 Å². The van der Waals surface area contributed by atoms with Crippen molar-refractivity contribution in [2.24, 2.45) is 7.05 Å². The number of hydrogen-bond donors (Lipinski definition) is 2. The van der Waals surface area contributed by atoms with Gasteiger partial charge in [0.2, 0.25) is 10.0 Å². The average Bonchev–Trinajstić information content (AvgIpc) is 2.61. The van der Waals surface area contributed by atoms with Crippen LogP contribution in [0.5, 0.6) is 0 Å². The SMILES string of the molecule is CCC(NS(=O)(=O)c1ccn(C)c1)C(=O)O. The Labute approximate surface area is 93.9 Å². The smallest absolute Gasteiger partial charge is 0.321 e. The normalized spacial score (nSPS) is 13.6. The van der Waals surface area contributed by atoms with Crippen LogP contribution in [-0.2, 0) is 21.9 Å². The third-order valence-corrected chi connectivity index (χ3v) is 3.58. The van der Waals surface area contributed by atoms with Crippen molar-refractivity contribution in [3.8, 4) is 0 Å². The highest BCUT2D eigenvalue weighted by molar-refractivity contribution is 7.89. The fraction of sp³-hybridized carbons (Fsp3) is 0.444. The molecule has 0 spiro atoms. The summed E-state index contributed by atoms with van der Waals surface area (Å²) in [6.07, 6.45) is 3.19. The Hall–Kier alpha value is -1.34. The fourth-order valence-electron chi connectivity index (χ4n) is 1.20. The first-order valence-electron chi connectivity index (χ1n) is 4.74. The molecule has 0 saturated heterocycles. The van der Waals surface area contributed by atoms with Crippen molar-refractivity contribution in [2.75, 3.05) is 0 Å². The Morgan fingerprint density at radius 2 is 2.25 bits per heavy atom. The summed E-state index contributed by atoms with van der Waals surface area (Å²) >= 11 is 0. The monoisotopic (exact) mass is 246 g/mol. The van der Waals surface area contributed by atoms with Gasteiger partial charge in [-0.2, -0.15) is 4.72 Å². The Kier molecular flexibility index (Phi) is 3.71. The van der Waals surface area contributed by atoms with Crippen LogP contribution >= 0.6 is 0 Å². The molecule has 1 atom stereocenters. The number of hydrogen-bond acceptors (Lipinski definition) is 3. The molecule has 0 aliphatic heterocycles. The number of rotatable bonds is 5. The topological polar surface area (TPSA) is 88.4 Å². The van der Waals surface area contributed by atoms with Crippen molar-refractivity contribution in [2.45, 2.75) is 24.3 Å². The van der Waals surface area contributed by atoms with Crippen LogP contribution in [0.1, 0.15) is 13.3 Å². The standard InChI is InChI=1S/C9H14N2O4S/c1-3-8(9(12)13)10-16(14,15)7-4-5-11(2)6-7/h4-6,8,10H,3H2,1-2H3,(H,12,13). The van der Waals surface area contributed by atoms with Gasteiger partial charge in [0, 0.05) is 19.4 Å². The fourth-order valence-corrected chi connectivity index (χ4v) is 2.52. The lowest BCUT2D eigenvalue weighted by atomic mass is 10.2. The molecule has 16 heavy (non-hydrogen) atoms. The van der Waals surface area contributed by atoms with E-state index in [2.05, 4.69) is 4.72 Å². The number of carbonyl (C=O) groups is 1. The second-order valence-electron chi connectivity index (χ2n) is 3.43. The Morgan fingerprint density at radius 3 is 2.62 bits per heavy atom. The van der Waals surface area contributed by atoms with Gasteiger partial charge in [-0.05, 0) is 12.5 Å². The van der Waals surface area contributed by atoms with Crippen LogP contribution in [0.4, 0.5) is 0 Å². The van der Waals surface area contributed by atoms with Crippen molar-refractivity contribution in [3.63, 3.8) is 0 Å². The van der Waals surface area contributed by atoms with Gasteiger partial charge < -0.3 is 9.67 Å². The molecule has 0 saturated carbocycles. The summed E-state index contributed by atoms with van der Waals surface area (Å²) in [6, 6.07) is 0.321. The van der Waals surface area contributed by atoms with Crippen molar-refractivity contribution in [3.05, 3.63) is 18.5 Å². The minimum absolute atomic E-state index is 0.0645. The van der Waals surface area contributed by atoms with Gasteiger partial charge >= 0.3 is 5.97 Å². The van der Waals surface area contributed by atoms with Gasteiger partial charge in [-0.3, -0.25) is 4.79 Å². The zero-order valence-electron chi connectivity index (χ0n) is 9.04. The van der Waals surface area contributed by atoms with Crippen LogP contribution in [0.3, 0.4) is 0 Å². The molecule has 1 aromatic heterocycles. The lowest BCUT2D eigenvalue weighted by Gasteiger charge is -2.11. The van der Waals surface area contributed by atoms with E-state index in [1.165, 1.54) is 12.3 Å². The molecule has 90 valence electrons. The van der Waals surface area contributed by atoms with Crippen molar-refractivity contribution < 1.29 is 18.3 Å². The zero-order chi connectivity index (χ0) is 12.3. The third kappa shape index (κ3) is 2.83. The number of nitrogens with zero attached hydrogens (tertiary/aromatic N) is 1. The highest BCUT2D eigenvalue weighted by Gasteiger charge is 2.24. The lowest BCUT2D eigenvalue weighted by Crippen LogP contribution is -2.40. The molecule has 1 aromatic rings. The molecule has 0 aromatic carbocycles. The number of carboxylic acids is 1. The van der Waals surface area contributed by atoms with Gasteiger partial charge in [-0.25, -0.2) is 8.42 Å². The first-order valence-corrected chi connectivity index (χ1v) is 6.22. The molecule has 1 rings (SSSR count). The van der Waals surface area contributed by atoms with E-state index in [-0.39, 0.29) is 11.3 Å². The second-order valence-corrected chi connectivity index (χ2v) is 5.15. The summed E-state index contributed by atoms with van der Waals surface area (Å²) < 4.78 is 27.2. The largest absolute Gasteiger partial charge is 0.480 e. The van der Waals surface area contributed by atoms with E-state index >= 15 is 0 Å². The summed E-state index contributed by atoms with van der Waals surface area (Å²) in [5.74, 6) is -1.18. The maximum absolute atomic E-state index is 11.7. The minimum atomic E-state index is -3.75. The quantitative estimate of drug-likeness (QED) is 0.775. The number of aryl methyl sites for hydroxylation is 1. The summed E-state index contributed by atoms with van der Waals surface area (Å²) in [6.45, 7) is 1.60. The van der Waals surface area contributed by atoms with Gasteiger partial charge in [0.15, 0.2) is 0 Å². The first kappa shape index (κ1) is 12.7. The Bertz CT molecular complexity index is 477. The predicted octanol–water partition coefficient (Wildman–Crippen LogP) is 0.167. The van der Waals surface area contributed by atoms with Crippen LogP contribution in [0.2, 0.25) is 0 Å². The summed E-state index contributed by atoms with van der Waals surface area (Å²) in [5.41, 5.74) is 0. The molecule has 6 nitrogen and oxygen atoms in total. The molecular formula is C9H14N2O4S. The van der Waals surface area contributed by atoms with E-state index in [9.17, 15) is 13.2 Å². The molecule has 0 fully saturated rings. The minimum Gasteiger partial charge on any atom is -0.480 e. The second kappa shape index (κ2) is 4.67. The highest BCUT2D eigenvalue weighted by atomic mass is 32.2. The average molecular weight is 246 g/mol. The molecule has 0 aliphatic rings. The van der Waals surface area contributed by atoms with Gasteiger partial charge in [-0.15, -0.1) is 0 Å². The van der Waals surface area contributed by atoms with E-state index in [1.54, 1.807) is 24.7 Å². The molecule has 0 amide bonds. The number of carboxylic acid groups (broad SMARTS) is 1. The molecule has 0 radical (unpaired) electrons. The number of aliphatic carboxylic acids is 1. The van der Waals surface area contributed by atoms with Crippen molar-refractivity contribution in [1.82, 2.24) is 9.29 Å². The number of nitrogens with one attached hydrogen (secondary N) is 1. The molecule has 0 aliphatic carbocycles. The van der Waals surface area contributed by atoms with Crippen LogP contribution in [0, 0.1) is 0 Å².